The fourth-order valence-corrected chi connectivity index (χ4v) is 4.83. The number of aromatic nitrogens is 1. The van der Waals surface area contributed by atoms with Gasteiger partial charge in [0.25, 0.3) is 10.0 Å². The van der Waals surface area contributed by atoms with Crippen molar-refractivity contribution in [3.63, 3.8) is 0 Å². The number of carbonyl (C=O) groups is 2. The summed E-state index contributed by atoms with van der Waals surface area (Å²) in [6.45, 7) is 0. The van der Waals surface area contributed by atoms with E-state index in [1.807, 2.05) is 0 Å². The molecule has 1 aromatic carbocycles. The molecule has 0 spiro atoms. The van der Waals surface area contributed by atoms with E-state index in [1.165, 1.54) is 22.3 Å². The number of cyclic esters (lactones) is 2. The molecule has 2 heterocycles. The minimum absolute atomic E-state index is 0.186. The Labute approximate surface area is 132 Å². The molecule has 6 nitrogen and oxygen atoms in total. The fraction of sp³-hybridized carbons (Fsp3) is 0.250. The molecule has 1 aliphatic heterocycles. The third-order valence-corrected chi connectivity index (χ3v) is 6.20. The second-order valence-electron chi connectivity index (χ2n) is 5.69. The van der Waals surface area contributed by atoms with E-state index in [4.69, 9.17) is 4.74 Å². The highest BCUT2D eigenvalue weighted by Crippen LogP contribution is 2.42. The molecule has 4 rings (SSSR count). The first-order chi connectivity index (χ1) is 11.0. The van der Waals surface area contributed by atoms with Crippen LogP contribution in [0.25, 0.3) is 0 Å². The topological polar surface area (TPSA) is 82.4 Å². The smallest absolute Gasteiger partial charge is 0.322 e. The zero-order valence-corrected chi connectivity index (χ0v) is 12.8. The van der Waals surface area contributed by atoms with Crippen molar-refractivity contribution in [3.05, 3.63) is 53.9 Å². The molecule has 0 radical (unpaired) electrons. The summed E-state index contributed by atoms with van der Waals surface area (Å²) in [5, 5.41) is 0. The average molecular weight is 331 g/mol. The standard InChI is InChI=1S/C16H13NO5S/c18-15-12-6-7-13-11(14(12)16(19)22-15)8-9-17(13)23(20,21)10-4-2-1-3-5-10/h1-5,8-9,12,14H,6-7H2. The summed E-state index contributed by atoms with van der Waals surface area (Å²) in [7, 11) is -3.72. The van der Waals surface area contributed by atoms with Gasteiger partial charge in [-0.25, -0.2) is 12.4 Å². The number of rotatable bonds is 2. The summed E-state index contributed by atoms with van der Waals surface area (Å²) in [4.78, 5) is 23.8. The van der Waals surface area contributed by atoms with Gasteiger partial charge in [-0.05, 0) is 36.6 Å². The Morgan fingerprint density at radius 1 is 1.04 bits per heavy atom. The van der Waals surface area contributed by atoms with Crippen LogP contribution in [0.5, 0.6) is 0 Å². The molecule has 23 heavy (non-hydrogen) atoms. The highest BCUT2D eigenvalue weighted by molar-refractivity contribution is 7.90. The van der Waals surface area contributed by atoms with Crippen LogP contribution in [0, 0.1) is 5.92 Å². The second kappa shape index (κ2) is 4.79. The third kappa shape index (κ3) is 1.96. The number of carbonyl (C=O) groups excluding carboxylic acids is 2. The van der Waals surface area contributed by atoms with Crippen LogP contribution in [0.2, 0.25) is 0 Å². The number of hydrogen-bond acceptors (Lipinski definition) is 5. The van der Waals surface area contributed by atoms with E-state index < -0.39 is 33.8 Å². The molecule has 2 unspecified atom stereocenters. The molecule has 2 atom stereocenters. The lowest BCUT2D eigenvalue weighted by atomic mass is 9.79. The molecular weight excluding hydrogens is 318 g/mol. The molecule has 0 saturated carbocycles. The van der Waals surface area contributed by atoms with Crippen LogP contribution in [0.15, 0.2) is 47.5 Å². The summed E-state index contributed by atoms with van der Waals surface area (Å²) in [6.07, 6.45) is 2.28. The molecule has 1 aliphatic carbocycles. The molecule has 0 bridgehead atoms. The minimum atomic E-state index is -3.72. The first-order valence-corrected chi connectivity index (χ1v) is 8.70. The van der Waals surface area contributed by atoms with Gasteiger partial charge in [0.1, 0.15) is 0 Å². The Bertz CT molecular complexity index is 913. The van der Waals surface area contributed by atoms with Crippen molar-refractivity contribution in [1.82, 2.24) is 3.97 Å². The summed E-state index contributed by atoms with van der Waals surface area (Å²) in [5.41, 5.74) is 1.14. The molecule has 7 heteroatoms. The van der Waals surface area contributed by atoms with Crippen LogP contribution < -0.4 is 0 Å². The van der Waals surface area contributed by atoms with E-state index in [0.29, 0.717) is 24.1 Å². The van der Waals surface area contributed by atoms with Crippen molar-refractivity contribution >= 4 is 22.0 Å². The van der Waals surface area contributed by atoms with Gasteiger partial charge in [0.05, 0.1) is 16.7 Å². The van der Waals surface area contributed by atoms with Gasteiger partial charge in [0, 0.05) is 11.9 Å². The van der Waals surface area contributed by atoms with Gasteiger partial charge in [-0.2, -0.15) is 0 Å². The van der Waals surface area contributed by atoms with E-state index in [1.54, 1.807) is 24.3 Å². The van der Waals surface area contributed by atoms with Gasteiger partial charge < -0.3 is 4.74 Å². The van der Waals surface area contributed by atoms with Crippen molar-refractivity contribution in [2.75, 3.05) is 0 Å². The maximum absolute atomic E-state index is 12.8. The van der Waals surface area contributed by atoms with Crippen molar-refractivity contribution in [2.45, 2.75) is 23.7 Å². The molecule has 118 valence electrons. The van der Waals surface area contributed by atoms with E-state index >= 15 is 0 Å². The first kappa shape index (κ1) is 14.2. The number of esters is 2. The second-order valence-corrected chi connectivity index (χ2v) is 7.51. The van der Waals surface area contributed by atoms with Crippen LogP contribution in [-0.4, -0.2) is 24.3 Å². The molecule has 2 aromatic rings. The lowest BCUT2D eigenvalue weighted by Gasteiger charge is -2.22. The largest absolute Gasteiger partial charge is 0.392 e. The maximum atomic E-state index is 12.8. The molecule has 1 fully saturated rings. The Kier molecular flexibility index (Phi) is 2.96. The molecule has 1 aromatic heterocycles. The quantitative estimate of drug-likeness (QED) is 0.614. The average Bonchev–Trinajstić information content (AvgIpc) is 3.10. The number of benzene rings is 1. The number of fused-ring (bicyclic) bond motifs is 3. The van der Waals surface area contributed by atoms with Crippen LogP contribution >= 0.6 is 0 Å². The monoisotopic (exact) mass is 331 g/mol. The highest BCUT2D eigenvalue weighted by atomic mass is 32.2. The normalized spacial score (nSPS) is 23.3. The zero-order chi connectivity index (χ0) is 16.2. The molecule has 0 N–H and O–H groups in total. The Balaban J connectivity index is 1.84. The van der Waals surface area contributed by atoms with Gasteiger partial charge in [-0.15, -0.1) is 0 Å². The fourth-order valence-electron chi connectivity index (χ4n) is 3.39. The Morgan fingerprint density at radius 2 is 1.78 bits per heavy atom. The van der Waals surface area contributed by atoms with Crippen molar-refractivity contribution in [3.8, 4) is 0 Å². The van der Waals surface area contributed by atoms with Crippen LogP contribution in [0.3, 0.4) is 0 Å². The maximum Gasteiger partial charge on any atom is 0.322 e. The van der Waals surface area contributed by atoms with Gasteiger partial charge in [0.2, 0.25) is 0 Å². The van der Waals surface area contributed by atoms with Crippen LogP contribution in [-0.2, 0) is 30.8 Å². The lowest BCUT2D eigenvalue weighted by Crippen LogP contribution is -2.25. The Hall–Kier alpha value is -2.41. The van der Waals surface area contributed by atoms with Crippen molar-refractivity contribution < 1.29 is 22.7 Å². The Morgan fingerprint density at radius 3 is 2.52 bits per heavy atom. The number of nitrogens with zero attached hydrogens (tertiary/aromatic N) is 1. The van der Waals surface area contributed by atoms with E-state index in [-0.39, 0.29) is 4.90 Å². The zero-order valence-electron chi connectivity index (χ0n) is 12.0. The van der Waals surface area contributed by atoms with E-state index in [9.17, 15) is 18.0 Å². The molecular formula is C16H13NO5S. The van der Waals surface area contributed by atoms with Crippen molar-refractivity contribution in [2.24, 2.45) is 5.92 Å². The SMILES string of the molecule is O=C1OC(=O)C2c3ccn(S(=O)(=O)c4ccccc4)c3CCC12. The van der Waals surface area contributed by atoms with Gasteiger partial charge in [-0.3, -0.25) is 9.59 Å². The van der Waals surface area contributed by atoms with E-state index in [0.717, 1.165) is 0 Å². The third-order valence-electron chi connectivity index (χ3n) is 4.48. The minimum Gasteiger partial charge on any atom is -0.392 e. The summed E-state index contributed by atoms with van der Waals surface area (Å²) < 4.78 is 31.5. The predicted molar refractivity (Wildman–Crippen MR) is 79.1 cm³/mol. The van der Waals surface area contributed by atoms with Gasteiger partial charge in [0.15, 0.2) is 0 Å². The summed E-state index contributed by atoms with van der Waals surface area (Å²) >= 11 is 0. The summed E-state index contributed by atoms with van der Waals surface area (Å²) in [5.74, 6) is -2.27. The number of hydrogen-bond donors (Lipinski definition) is 0. The van der Waals surface area contributed by atoms with Gasteiger partial charge in [-0.1, -0.05) is 18.2 Å². The van der Waals surface area contributed by atoms with Crippen LogP contribution in [0.4, 0.5) is 0 Å². The molecule has 1 saturated heterocycles. The highest BCUT2D eigenvalue weighted by Gasteiger charge is 2.49. The molecule has 2 aliphatic rings. The summed E-state index contributed by atoms with van der Waals surface area (Å²) in [6, 6.07) is 9.72. The van der Waals surface area contributed by atoms with Gasteiger partial charge >= 0.3 is 11.9 Å². The van der Waals surface area contributed by atoms with Crippen molar-refractivity contribution in [1.29, 1.82) is 0 Å². The van der Waals surface area contributed by atoms with E-state index in [2.05, 4.69) is 0 Å². The molecule has 0 amide bonds. The predicted octanol–water partition coefficient (Wildman–Crippen LogP) is 1.45. The van der Waals surface area contributed by atoms with Crippen LogP contribution in [0.1, 0.15) is 23.6 Å². The first-order valence-electron chi connectivity index (χ1n) is 7.26. The lowest BCUT2D eigenvalue weighted by molar-refractivity contribution is -0.153. The number of ether oxygens (including phenoxy) is 1.